The van der Waals surface area contributed by atoms with E-state index in [9.17, 15) is 45.6 Å². The molecule has 0 saturated carbocycles. The molecule has 12 atom stereocenters. The van der Waals surface area contributed by atoms with E-state index >= 15 is 0 Å². The first-order valence-electron chi connectivity index (χ1n) is 24.6. The van der Waals surface area contributed by atoms with Gasteiger partial charge in [0.1, 0.15) is 48.8 Å². The van der Waals surface area contributed by atoms with Gasteiger partial charge in [-0.25, -0.2) is 0 Å². The lowest BCUT2D eigenvalue weighted by molar-refractivity contribution is -0.359. The molecule has 0 radical (unpaired) electrons. The largest absolute Gasteiger partial charge is 0.394 e. The summed E-state index contributed by atoms with van der Waals surface area (Å²) in [5, 5.41) is 86.3. The fraction of sp³-hybridized carbons (Fsp3) is 0.896. The van der Waals surface area contributed by atoms with Crippen molar-refractivity contribution in [1.29, 1.82) is 0 Å². The molecule has 9 N–H and O–H groups in total. The average molecular weight is 888 g/mol. The van der Waals surface area contributed by atoms with Crippen molar-refractivity contribution in [3.63, 3.8) is 0 Å². The van der Waals surface area contributed by atoms with Crippen molar-refractivity contribution in [3.05, 3.63) is 24.3 Å². The first-order valence-corrected chi connectivity index (χ1v) is 24.6. The van der Waals surface area contributed by atoms with E-state index in [-0.39, 0.29) is 18.9 Å². The number of hydrogen-bond donors (Lipinski definition) is 9. The van der Waals surface area contributed by atoms with Crippen molar-refractivity contribution in [1.82, 2.24) is 5.32 Å². The van der Waals surface area contributed by atoms with Gasteiger partial charge in [0.05, 0.1) is 32.0 Å². The van der Waals surface area contributed by atoms with Crippen LogP contribution in [0.3, 0.4) is 0 Å². The van der Waals surface area contributed by atoms with Crippen LogP contribution in [0.5, 0.6) is 0 Å². The van der Waals surface area contributed by atoms with Gasteiger partial charge in [-0.2, -0.15) is 0 Å². The van der Waals surface area contributed by atoms with Gasteiger partial charge in [-0.15, -0.1) is 0 Å². The molecule has 2 fully saturated rings. The fourth-order valence-corrected chi connectivity index (χ4v) is 8.07. The van der Waals surface area contributed by atoms with E-state index in [1.54, 1.807) is 6.08 Å². The van der Waals surface area contributed by atoms with Crippen LogP contribution in [0.4, 0.5) is 0 Å². The molecule has 62 heavy (non-hydrogen) atoms. The molecule has 364 valence electrons. The van der Waals surface area contributed by atoms with Crippen LogP contribution in [-0.4, -0.2) is 140 Å². The standard InChI is InChI=1S/C48H89NO13/c1-3-5-7-9-11-12-13-14-15-16-17-18-19-20-21-22-23-24-25-26-27-29-31-37(52)36(49-40(53)32-30-28-10-8-6-4-2)35-59-47-45(58)43(56)46(39(34-51)61-47)62-48-44(57)42(55)41(54)38(33-50)60-48/h24-25,29,31,36-39,41-48,50-52,54-58H,3-23,26-28,30,32-35H2,1-2H3,(H,49,53)/b25-24+,31-29+. The van der Waals surface area contributed by atoms with Gasteiger partial charge in [0, 0.05) is 6.42 Å². The number of ether oxygens (including phenoxy) is 4. The normalized spacial score (nSPS) is 27.9. The number of carbonyl (C=O) groups excluding carboxylic acids is 1. The Kier molecular flexibility index (Phi) is 32.6. The lowest BCUT2D eigenvalue weighted by atomic mass is 9.97. The highest BCUT2D eigenvalue weighted by atomic mass is 16.7. The number of aliphatic hydroxyl groups excluding tert-OH is 8. The number of hydrogen-bond acceptors (Lipinski definition) is 13. The molecule has 2 aliphatic rings. The Bertz CT molecular complexity index is 1140. The van der Waals surface area contributed by atoms with Crippen LogP contribution in [0.1, 0.15) is 181 Å². The monoisotopic (exact) mass is 888 g/mol. The zero-order valence-electron chi connectivity index (χ0n) is 38.4. The number of nitrogens with one attached hydrogen (secondary N) is 1. The van der Waals surface area contributed by atoms with E-state index in [0.29, 0.717) is 12.8 Å². The average Bonchev–Trinajstić information content (AvgIpc) is 3.27. The van der Waals surface area contributed by atoms with E-state index in [2.05, 4.69) is 31.3 Å². The predicted octanol–water partition coefficient (Wildman–Crippen LogP) is 5.77. The van der Waals surface area contributed by atoms with Crippen LogP contribution in [-0.2, 0) is 23.7 Å². The molecule has 0 aromatic carbocycles. The number of unbranched alkanes of at least 4 members (excludes halogenated alkanes) is 22. The van der Waals surface area contributed by atoms with Gasteiger partial charge in [-0.3, -0.25) is 4.79 Å². The molecule has 2 saturated heterocycles. The molecule has 14 nitrogen and oxygen atoms in total. The fourth-order valence-electron chi connectivity index (χ4n) is 8.07. The van der Waals surface area contributed by atoms with Crippen LogP contribution in [0.2, 0.25) is 0 Å². The number of rotatable bonds is 37. The van der Waals surface area contributed by atoms with Gasteiger partial charge in [0.2, 0.25) is 5.91 Å². The molecule has 2 heterocycles. The maximum Gasteiger partial charge on any atom is 0.220 e. The minimum atomic E-state index is -1.79. The minimum Gasteiger partial charge on any atom is -0.394 e. The summed E-state index contributed by atoms with van der Waals surface area (Å²) in [6.07, 6.45) is 21.3. The van der Waals surface area contributed by atoms with Gasteiger partial charge >= 0.3 is 0 Å². The van der Waals surface area contributed by atoms with Gasteiger partial charge in [0.25, 0.3) is 0 Å². The molecule has 1 amide bonds. The summed E-state index contributed by atoms with van der Waals surface area (Å²) in [5.41, 5.74) is 0. The molecular weight excluding hydrogens is 799 g/mol. The Morgan fingerprint density at radius 2 is 1.03 bits per heavy atom. The summed E-state index contributed by atoms with van der Waals surface area (Å²) in [7, 11) is 0. The second kappa shape index (κ2) is 35.7. The second-order valence-electron chi connectivity index (χ2n) is 17.6. The number of carbonyl (C=O) groups is 1. The summed E-state index contributed by atoms with van der Waals surface area (Å²) < 4.78 is 22.6. The van der Waals surface area contributed by atoms with Crippen molar-refractivity contribution in [2.75, 3.05) is 19.8 Å². The highest BCUT2D eigenvalue weighted by Gasteiger charge is 2.51. The van der Waals surface area contributed by atoms with Crippen molar-refractivity contribution in [2.24, 2.45) is 0 Å². The van der Waals surface area contributed by atoms with Crippen molar-refractivity contribution in [3.8, 4) is 0 Å². The Morgan fingerprint density at radius 3 is 1.58 bits per heavy atom. The summed E-state index contributed by atoms with van der Waals surface area (Å²) >= 11 is 0. The van der Waals surface area contributed by atoms with Gasteiger partial charge in [0.15, 0.2) is 12.6 Å². The van der Waals surface area contributed by atoms with Gasteiger partial charge < -0.3 is 65.1 Å². The lowest BCUT2D eigenvalue weighted by Gasteiger charge is -2.46. The van der Waals surface area contributed by atoms with Crippen LogP contribution >= 0.6 is 0 Å². The van der Waals surface area contributed by atoms with E-state index in [1.165, 1.54) is 103 Å². The Balaban J connectivity index is 1.78. The molecule has 14 heteroatoms. The zero-order chi connectivity index (χ0) is 45.4. The number of amides is 1. The molecule has 0 aromatic rings. The highest BCUT2D eigenvalue weighted by Crippen LogP contribution is 2.30. The Hall–Kier alpha value is -1.53. The molecule has 2 rings (SSSR count). The molecule has 12 unspecified atom stereocenters. The highest BCUT2D eigenvalue weighted by molar-refractivity contribution is 5.76. The smallest absolute Gasteiger partial charge is 0.220 e. The lowest BCUT2D eigenvalue weighted by Crippen LogP contribution is -2.65. The van der Waals surface area contributed by atoms with E-state index in [0.717, 1.165) is 44.9 Å². The molecule has 0 bridgehead atoms. The minimum absolute atomic E-state index is 0.259. The number of allylic oxidation sites excluding steroid dienone is 3. The van der Waals surface area contributed by atoms with E-state index in [1.807, 2.05) is 6.08 Å². The van der Waals surface area contributed by atoms with Gasteiger partial charge in [-0.05, 0) is 32.1 Å². The molecule has 0 spiro atoms. The van der Waals surface area contributed by atoms with Crippen molar-refractivity contribution < 1.29 is 64.6 Å². The Labute approximate surface area is 373 Å². The van der Waals surface area contributed by atoms with Crippen LogP contribution in [0.25, 0.3) is 0 Å². The van der Waals surface area contributed by atoms with Crippen LogP contribution in [0.15, 0.2) is 24.3 Å². The SMILES string of the molecule is CCCCCCCCCCCCCCCCCC/C=C/CC/C=C/C(O)C(COC1OC(CO)C(OC2OC(CO)C(O)C(O)C2O)C(O)C1O)NC(=O)CCCCCCCC. The number of aliphatic hydroxyl groups is 8. The Morgan fingerprint density at radius 1 is 0.565 bits per heavy atom. The summed E-state index contributed by atoms with van der Waals surface area (Å²) in [6, 6.07) is -0.923. The first-order chi connectivity index (χ1) is 30.1. The summed E-state index contributed by atoms with van der Waals surface area (Å²) in [4.78, 5) is 13.0. The topological polar surface area (TPSA) is 228 Å². The summed E-state index contributed by atoms with van der Waals surface area (Å²) in [6.45, 7) is 2.69. The zero-order valence-corrected chi connectivity index (χ0v) is 38.4. The summed E-state index contributed by atoms with van der Waals surface area (Å²) in [5.74, 6) is -0.259. The third kappa shape index (κ3) is 23.1. The van der Waals surface area contributed by atoms with Crippen molar-refractivity contribution in [2.45, 2.75) is 254 Å². The first kappa shape index (κ1) is 56.6. The van der Waals surface area contributed by atoms with Crippen molar-refractivity contribution >= 4 is 5.91 Å². The second-order valence-corrected chi connectivity index (χ2v) is 17.6. The van der Waals surface area contributed by atoms with E-state index in [4.69, 9.17) is 18.9 Å². The maximum atomic E-state index is 13.0. The van der Waals surface area contributed by atoms with Crippen LogP contribution in [0, 0.1) is 0 Å². The van der Waals surface area contributed by atoms with Gasteiger partial charge in [-0.1, -0.05) is 167 Å². The molecule has 0 aromatic heterocycles. The molecule has 0 aliphatic carbocycles. The predicted molar refractivity (Wildman–Crippen MR) is 240 cm³/mol. The third-order valence-electron chi connectivity index (χ3n) is 12.1. The molecular formula is C48H89NO13. The maximum absolute atomic E-state index is 13.0. The van der Waals surface area contributed by atoms with Crippen LogP contribution < -0.4 is 5.32 Å². The quantitative estimate of drug-likeness (QED) is 0.0267. The van der Waals surface area contributed by atoms with E-state index < -0.39 is 86.8 Å². The molecule has 2 aliphatic heterocycles. The third-order valence-corrected chi connectivity index (χ3v) is 12.1.